The molecule has 0 fully saturated rings. The Morgan fingerprint density at radius 2 is 2.17 bits per heavy atom. The zero-order chi connectivity index (χ0) is 9.23. The van der Waals surface area contributed by atoms with Gasteiger partial charge in [-0.3, -0.25) is 0 Å². The number of carbonyl (C=O) groups is 1. The van der Waals surface area contributed by atoms with Gasteiger partial charge in [-0.1, -0.05) is 32.3 Å². The van der Waals surface area contributed by atoms with Crippen LogP contribution in [0.5, 0.6) is 0 Å². The normalized spacial score (nSPS) is 10.5. The number of hydrogen-bond donors (Lipinski definition) is 0. The Bertz CT molecular complexity index is 139. The Kier molecular flexibility index (Phi) is 7.76. The molecule has 69 valence electrons. The van der Waals surface area contributed by atoms with Crippen molar-refractivity contribution in [3.63, 3.8) is 0 Å². The van der Waals surface area contributed by atoms with Crippen LogP contribution in [0.3, 0.4) is 0 Å². The van der Waals surface area contributed by atoms with E-state index in [1.165, 1.54) is 25.0 Å². The maximum Gasteiger partial charge on any atom is 0.330 e. The van der Waals surface area contributed by atoms with E-state index in [9.17, 15) is 4.79 Å². The van der Waals surface area contributed by atoms with Crippen LogP contribution in [0.15, 0.2) is 12.2 Å². The molecule has 0 heterocycles. The van der Waals surface area contributed by atoms with Crippen LogP contribution in [-0.2, 0) is 9.53 Å². The topological polar surface area (TPSA) is 26.3 Å². The fraction of sp³-hybridized carbons (Fsp3) is 0.600. The van der Waals surface area contributed by atoms with Gasteiger partial charge in [-0.25, -0.2) is 4.79 Å². The van der Waals surface area contributed by atoms with Crippen molar-refractivity contribution in [2.75, 3.05) is 6.61 Å². The summed E-state index contributed by atoms with van der Waals surface area (Å²) in [6, 6.07) is 0. The monoisotopic (exact) mass is 169 g/mol. The maximum absolute atomic E-state index is 10.7. The van der Waals surface area contributed by atoms with Crippen LogP contribution in [-0.4, -0.2) is 12.6 Å². The fourth-order valence-electron chi connectivity index (χ4n) is 0.846. The first-order valence-corrected chi connectivity index (χ1v) is 4.43. The third-order valence-electron chi connectivity index (χ3n) is 1.50. The molecule has 12 heavy (non-hydrogen) atoms. The van der Waals surface area contributed by atoms with Crippen molar-refractivity contribution in [1.29, 1.82) is 0 Å². The first-order valence-electron chi connectivity index (χ1n) is 4.43. The van der Waals surface area contributed by atoms with Gasteiger partial charge in [0.15, 0.2) is 0 Å². The summed E-state index contributed by atoms with van der Waals surface area (Å²) in [4.78, 5) is 10.7. The average molecular weight is 169 g/mol. The number of carbonyl (C=O) groups excluding carboxylic acids is 1. The van der Waals surface area contributed by atoms with Gasteiger partial charge in [0.25, 0.3) is 0 Å². The molecular formula is C10H17O2. The molecule has 2 heteroatoms. The third kappa shape index (κ3) is 7.32. The van der Waals surface area contributed by atoms with E-state index in [0.717, 1.165) is 12.8 Å². The standard InChI is InChI=1S/C10H17O2/c1-3-5-6-7-9-12-10(11)8-4-2/h4,8H,2-3,5-7,9H2,1H3. The Hall–Kier alpha value is -0.790. The number of ether oxygens (including phenoxy) is 1. The van der Waals surface area contributed by atoms with Gasteiger partial charge in [0.2, 0.25) is 0 Å². The Balaban J connectivity index is 3.14. The largest absolute Gasteiger partial charge is 0.463 e. The highest BCUT2D eigenvalue weighted by atomic mass is 16.5. The molecule has 0 rings (SSSR count). The van der Waals surface area contributed by atoms with Crippen LogP contribution < -0.4 is 0 Å². The highest BCUT2D eigenvalue weighted by Crippen LogP contribution is 1.98. The minimum Gasteiger partial charge on any atom is -0.463 e. The molecule has 0 aromatic carbocycles. The summed E-state index contributed by atoms with van der Waals surface area (Å²) in [7, 11) is 0. The van der Waals surface area contributed by atoms with Crippen molar-refractivity contribution in [1.82, 2.24) is 0 Å². The molecule has 0 aromatic heterocycles. The molecule has 0 amide bonds. The molecule has 0 bridgehead atoms. The summed E-state index contributed by atoms with van der Waals surface area (Å²) in [6.45, 7) is 6.08. The molecular weight excluding hydrogens is 152 g/mol. The highest BCUT2D eigenvalue weighted by molar-refractivity contribution is 5.81. The number of allylic oxidation sites excluding steroid dienone is 1. The second-order valence-corrected chi connectivity index (χ2v) is 2.63. The van der Waals surface area contributed by atoms with E-state index >= 15 is 0 Å². The zero-order valence-electron chi connectivity index (χ0n) is 7.71. The lowest BCUT2D eigenvalue weighted by Crippen LogP contribution is -2.01. The molecule has 1 radical (unpaired) electrons. The van der Waals surface area contributed by atoms with Gasteiger partial charge < -0.3 is 4.74 Å². The first kappa shape index (κ1) is 11.2. The number of rotatable bonds is 6. The van der Waals surface area contributed by atoms with Gasteiger partial charge in [-0.2, -0.15) is 0 Å². The molecule has 0 spiro atoms. The van der Waals surface area contributed by atoms with E-state index in [-0.39, 0.29) is 5.97 Å². The zero-order valence-corrected chi connectivity index (χ0v) is 7.71. The Morgan fingerprint density at radius 3 is 2.75 bits per heavy atom. The fourth-order valence-corrected chi connectivity index (χ4v) is 0.846. The second-order valence-electron chi connectivity index (χ2n) is 2.63. The molecule has 0 N–H and O–H groups in total. The van der Waals surface area contributed by atoms with Crippen molar-refractivity contribution in [2.45, 2.75) is 32.6 Å². The SMILES string of the molecule is [CH2]C=CC(=O)OCCCCCC. The number of unbranched alkanes of at least 4 members (excludes halogenated alkanes) is 3. The van der Waals surface area contributed by atoms with Gasteiger partial charge in [0, 0.05) is 6.08 Å². The summed E-state index contributed by atoms with van der Waals surface area (Å²) in [6.07, 6.45) is 7.28. The minimum atomic E-state index is -0.290. The van der Waals surface area contributed by atoms with E-state index in [0.29, 0.717) is 6.61 Å². The van der Waals surface area contributed by atoms with Crippen molar-refractivity contribution in [2.24, 2.45) is 0 Å². The lowest BCUT2D eigenvalue weighted by atomic mass is 10.2. The molecule has 0 aliphatic heterocycles. The third-order valence-corrected chi connectivity index (χ3v) is 1.50. The number of esters is 1. The number of hydrogen-bond acceptors (Lipinski definition) is 2. The van der Waals surface area contributed by atoms with Gasteiger partial charge >= 0.3 is 5.97 Å². The first-order chi connectivity index (χ1) is 5.81. The van der Waals surface area contributed by atoms with Crippen LogP contribution in [0.2, 0.25) is 0 Å². The Labute approximate surface area is 74.6 Å². The summed E-state index contributed by atoms with van der Waals surface area (Å²) < 4.78 is 4.86. The second kappa shape index (κ2) is 8.31. The maximum atomic E-state index is 10.7. The van der Waals surface area contributed by atoms with Gasteiger partial charge in [-0.15, -0.1) is 0 Å². The van der Waals surface area contributed by atoms with Crippen LogP contribution in [0.25, 0.3) is 0 Å². The van der Waals surface area contributed by atoms with Crippen molar-refractivity contribution < 1.29 is 9.53 Å². The van der Waals surface area contributed by atoms with Gasteiger partial charge in [0.05, 0.1) is 6.61 Å². The average Bonchev–Trinajstić information content (AvgIpc) is 2.05. The highest BCUT2D eigenvalue weighted by Gasteiger charge is 1.94. The lowest BCUT2D eigenvalue weighted by molar-refractivity contribution is -0.137. The summed E-state index contributed by atoms with van der Waals surface area (Å²) in [5.74, 6) is -0.290. The minimum absolute atomic E-state index is 0.290. The lowest BCUT2D eigenvalue weighted by Gasteiger charge is -2.00. The van der Waals surface area contributed by atoms with E-state index in [1.807, 2.05) is 0 Å². The van der Waals surface area contributed by atoms with E-state index in [4.69, 9.17) is 4.74 Å². The van der Waals surface area contributed by atoms with Gasteiger partial charge in [-0.05, 0) is 13.3 Å². The predicted molar refractivity (Wildman–Crippen MR) is 49.6 cm³/mol. The summed E-state index contributed by atoms with van der Waals surface area (Å²) in [5.41, 5.74) is 0. The molecule has 0 aromatic rings. The smallest absolute Gasteiger partial charge is 0.330 e. The summed E-state index contributed by atoms with van der Waals surface area (Å²) in [5, 5.41) is 0. The van der Waals surface area contributed by atoms with Crippen LogP contribution >= 0.6 is 0 Å². The molecule has 0 saturated carbocycles. The molecule has 0 aliphatic rings. The molecule has 0 unspecified atom stereocenters. The van der Waals surface area contributed by atoms with Crippen molar-refractivity contribution in [3.05, 3.63) is 19.1 Å². The Morgan fingerprint density at radius 1 is 1.42 bits per heavy atom. The molecule has 2 nitrogen and oxygen atoms in total. The van der Waals surface area contributed by atoms with E-state index in [2.05, 4.69) is 13.8 Å². The van der Waals surface area contributed by atoms with Crippen molar-refractivity contribution in [3.8, 4) is 0 Å². The molecule has 0 atom stereocenters. The van der Waals surface area contributed by atoms with Crippen LogP contribution in [0.1, 0.15) is 32.6 Å². The predicted octanol–water partition coefficient (Wildman–Crippen LogP) is 2.50. The van der Waals surface area contributed by atoms with Crippen LogP contribution in [0.4, 0.5) is 0 Å². The van der Waals surface area contributed by atoms with Gasteiger partial charge in [0.1, 0.15) is 0 Å². The van der Waals surface area contributed by atoms with Crippen molar-refractivity contribution >= 4 is 5.97 Å². The molecule has 0 saturated heterocycles. The molecule has 0 aliphatic carbocycles. The van der Waals surface area contributed by atoms with E-state index in [1.54, 1.807) is 0 Å². The summed E-state index contributed by atoms with van der Waals surface area (Å²) >= 11 is 0. The van der Waals surface area contributed by atoms with E-state index < -0.39 is 0 Å². The quantitative estimate of drug-likeness (QED) is 0.347. The van der Waals surface area contributed by atoms with Crippen LogP contribution in [0, 0.1) is 6.92 Å².